The average Bonchev–Trinajstić information content (AvgIpc) is 2.41. The third kappa shape index (κ3) is 3.32. The molecule has 19 heavy (non-hydrogen) atoms. The van der Waals surface area contributed by atoms with Crippen molar-refractivity contribution in [1.82, 2.24) is 4.90 Å². The Labute approximate surface area is 114 Å². The van der Waals surface area contributed by atoms with Crippen LogP contribution in [0.2, 0.25) is 0 Å². The fourth-order valence-electron chi connectivity index (χ4n) is 2.55. The summed E-state index contributed by atoms with van der Waals surface area (Å²) in [4.78, 5) is 2.35. The largest absolute Gasteiger partial charge is 0.374 e. The number of rotatable bonds is 3. The normalized spacial score (nSPS) is 22.7. The Bertz CT molecular complexity index is 436. The van der Waals surface area contributed by atoms with Crippen molar-refractivity contribution < 1.29 is 9.13 Å². The SMILES string of the molecule is Cc1ccc(F)cc1C(N)C1CN(C(C)C)CCO1. The van der Waals surface area contributed by atoms with Gasteiger partial charge in [0.25, 0.3) is 0 Å². The maximum atomic E-state index is 13.4. The molecular formula is C15H23FN2O. The van der Waals surface area contributed by atoms with Crippen molar-refractivity contribution in [1.29, 1.82) is 0 Å². The van der Waals surface area contributed by atoms with E-state index in [9.17, 15) is 4.39 Å². The van der Waals surface area contributed by atoms with Crippen LogP contribution in [0, 0.1) is 12.7 Å². The first-order chi connectivity index (χ1) is 8.99. The summed E-state index contributed by atoms with van der Waals surface area (Å²) < 4.78 is 19.2. The Kier molecular flexibility index (Phi) is 4.55. The number of nitrogens with zero attached hydrogens (tertiary/aromatic N) is 1. The highest BCUT2D eigenvalue weighted by Crippen LogP contribution is 2.24. The van der Waals surface area contributed by atoms with Gasteiger partial charge in [-0.25, -0.2) is 4.39 Å². The van der Waals surface area contributed by atoms with Gasteiger partial charge in [-0.1, -0.05) is 6.07 Å². The van der Waals surface area contributed by atoms with E-state index in [1.54, 1.807) is 6.07 Å². The lowest BCUT2D eigenvalue weighted by Gasteiger charge is -2.38. The van der Waals surface area contributed by atoms with Gasteiger partial charge in [0.1, 0.15) is 5.82 Å². The zero-order valence-corrected chi connectivity index (χ0v) is 11.9. The molecule has 0 amide bonds. The van der Waals surface area contributed by atoms with Crippen LogP contribution in [0.15, 0.2) is 18.2 Å². The van der Waals surface area contributed by atoms with Gasteiger partial charge in [0, 0.05) is 19.1 Å². The minimum Gasteiger partial charge on any atom is -0.374 e. The highest BCUT2D eigenvalue weighted by atomic mass is 19.1. The zero-order chi connectivity index (χ0) is 14.0. The number of benzene rings is 1. The Morgan fingerprint density at radius 3 is 2.84 bits per heavy atom. The highest BCUT2D eigenvalue weighted by Gasteiger charge is 2.28. The van der Waals surface area contributed by atoms with Crippen LogP contribution < -0.4 is 5.73 Å². The van der Waals surface area contributed by atoms with Gasteiger partial charge in [-0.05, 0) is 44.0 Å². The van der Waals surface area contributed by atoms with Crippen LogP contribution in [0.5, 0.6) is 0 Å². The molecule has 1 aromatic carbocycles. The molecule has 1 aliphatic heterocycles. The van der Waals surface area contributed by atoms with Crippen molar-refractivity contribution >= 4 is 0 Å². The monoisotopic (exact) mass is 266 g/mol. The Morgan fingerprint density at radius 2 is 2.16 bits per heavy atom. The number of halogens is 1. The smallest absolute Gasteiger partial charge is 0.123 e. The number of morpholine rings is 1. The lowest BCUT2D eigenvalue weighted by Crippen LogP contribution is -2.49. The average molecular weight is 266 g/mol. The molecule has 2 atom stereocenters. The van der Waals surface area contributed by atoms with Crippen molar-refractivity contribution in [3.05, 3.63) is 35.1 Å². The van der Waals surface area contributed by atoms with Crippen molar-refractivity contribution in [3.8, 4) is 0 Å². The topological polar surface area (TPSA) is 38.5 Å². The van der Waals surface area contributed by atoms with Crippen LogP contribution in [0.4, 0.5) is 4.39 Å². The van der Waals surface area contributed by atoms with Gasteiger partial charge < -0.3 is 10.5 Å². The summed E-state index contributed by atoms with van der Waals surface area (Å²) in [6.45, 7) is 8.71. The van der Waals surface area contributed by atoms with E-state index in [2.05, 4.69) is 18.7 Å². The third-order valence-corrected chi connectivity index (χ3v) is 3.86. The van der Waals surface area contributed by atoms with Gasteiger partial charge in [-0.3, -0.25) is 4.90 Å². The fraction of sp³-hybridized carbons (Fsp3) is 0.600. The van der Waals surface area contributed by atoms with Crippen LogP contribution in [-0.4, -0.2) is 36.7 Å². The van der Waals surface area contributed by atoms with E-state index >= 15 is 0 Å². The van der Waals surface area contributed by atoms with Crippen LogP contribution >= 0.6 is 0 Å². The molecule has 1 heterocycles. The number of hydrogen-bond donors (Lipinski definition) is 1. The van der Waals surface area contributed by atoms with E-state index < -0.39 is 0 Å². The molecule has 2 unspecified atom stereocenters. The molecule has 2 rings (SSSR count). The first-order valence-electron chi connectivity index (χ1n) is 6.86. The van der Waals surface area contributed by atoms with Crippen LogP contribution in [0.25, 0.3) is 0 Å². The molecular weight excluding hydrogens is 243 g/mol. The van der Waals surface area contributed by atoms with Gasteiger partial charge in [0.05, 0.1) is 18.8 Å². The molecule has 2 N–H and O–H groups in total. The van der Waals surface area contributed by atoms with Crippen LogP contribution in [0.1, 0.15) is 31.0 Å². The Hall–Kier alpha value is -0.970. The fourth-order valence-corrected chi connectivity index (χ4v) is 2.55. The summed E-state index contributed by atoms with van der Waals surface area (Å²) in [5, 5.41) is 0. The summed E-state index contributed by atoms with van der Waals surface area (Å²) in [6.07, 6.45) is -0.0725. The maximum absolute atomic E-state index is 13.4. The van der Waals surface area contributed by atoms with Crippen molar-refractivity contribution in [2.24, 2.45) is 5.73 Å². The lowest BCUT2D eigenvalue weighted by molar-refractivity contribution is -0.0503. The van der Waals surface area contributed by atoms with Gasteiger partial charge in [0.15, 0.2) is 0 Å². The molecule has 0 aromatic heterocycles. The number of aryl methyl sites for hydroxylation is 1. The molecule has 1 aromatic rings. The van der Waals surface area contributed by atoms with Gasteiger partial charge >= 0.3 is 0 Å². The van der Waals surface area contributed by atoms with Crippen LogP contribution in [0.3, 0.4) is 0 Å². The molecule has 0 spiro atoms. The summed E-state index contributed by atoms with van der Waals surface area (Å²) in [6, 6.07) is 4.96. The minimum atomic E-state index is -0.280. The van der Waals surface area contributed by atoms with E-state index in [0.717, 1.165) is 24.2 Å². The summed E-state index contributed by atoms with van der Waals surface area (Å²) in [7, 11) is 0. The predicted octanol–water partition coefficient (Wildman–Crippen LogP) is 2.24. The lowest BCUT2D eigenvalue weighted by atomic mass is 9.96. The molecule has 0 bridgehead atoms. The highest BCUT2D eigenvalue weighted by molar-refractivity contribution is 5.30. The number of ether oxygens (including phenoxy) is 1. The van der Waals surface area contributed by atoms with E-state index in [1.807, 2.05) is 6.92 Å². The molecule has 0 radical (unpaired) electrons. The molecule has 0 saturated carbocycles. The minimum absolute atomic E-state index is 0.0725. The third-order valence-electron chi connectivity index (χ3n) is 3.86. The quantitative estimate of drug-likeness (QED) is 0.912. The number of hydrogen-bond acceptors (Lipinski definition) is 3. The second-order valence-electron chi connectivity index (χ2n) is 5.52. The van der Waals surface area contributed by atoms with Gasteiger partial charge in [0.2, 0.25) is 0 Å². The van der Waals surface area contributed by atoms with E-state index in [0.29, 0.717) is 12.6 Å². The molecule has 1 aliphatic rings. The zero-order valence-electron chi connectivity index (χ0n) is 11.9. The standard InChI is InChI=1S/C15H23FN2O/c1-10(2)18-6-7-19-14(9-18)15(17)13-8-12(16)5-4-11(13)3/h4-5,8,10,14-15H,6-7,9,17H2,1-3H3. The van der Waals surface area contributed by atoms with Gasteiger partial charge in [-0.15, -0.1) is 0 Å². The number of nitrogens with two attached hydrogens (primary N) is 1. The van der Waals surface area contributed by atoms with E-state index in [-0.39, 0.29) is 18.0 Å². The Morgan fingerprint density at radius 1 is 1.42 bits per heavy atom. The second-order valence-corrected chi connectivity index (χ2v) is 5.52. The molecule has 4 heteroatoms. The van der Waals surface area contributed by atoms with Crippen molar-refractivity contribution in [3.63, 3.8) is 0 Å². The summed E-state index contributed by atoms with van der Waals surface area (Å²) in [5.41, 5.74) is 8.14. The molecule has 1 saturated heterocycles. The van der Waals surface area contributed by atoms with Crippen molar-refractivity contribution in [2.45, 2.75) is 39.0 Å². The molecule has 3 nitrogen and oxygen atoms in total. The van der Waals surface area contributed by atoms with E-state index in [4.69, 9.17) is 10.5 Å². The second kappa shape index (κ2) is 5.99. The molecule has 106 valence electrons. The van der Waals surface area contributed by atoms with Crippen molar-refractivity contribution in [2.75, 3.05) is 19.7 Å². The Balaban J connectivity index is 2.14. The molecule has 1 fully saturated rings. The first kappa shape index (κ1) is 14.4. The van der Waals surface area contributed by atoms with Gasteiger partial charge in [-0.2, -0.15) is 0 Å². The predicted molar refractivity (Wildman–Crippen MR) is 74.5 cm³/mol. The summed E-state index contributed by atoms with van der Waals surface area (Å²) in [5.74, 6) is -0.243. The maximum Gasteiger partial charge on any atom is 0.123 e. The summed E-state index contributed by atoms with van der Waals surface area (Å²) >= 11 is 0. The van der Waals surface area contributed by atoms with Crippen LogP contribution in [-0.2, 0) is 4.74 Å². The van der Waals surface area contributed by atoms with E-state index in [1.165, 1.54) is 12.1 Å². The molecule has 0 aliphatic carbocycles. The first-order valence-corrected chi connectivity index (χ1v) is 6.86.